The van der Waals surface area contributed by atoms with Gasteiger partial charge in [0.05, 0.1) is 16.9 Å². The minimum absolute atomic E-state index is 0.476. The van der Waals surface area contributed by atoms with Crippen LogP contribution in [0.15, 0.2) is 18.2 Å². The average molecular weight is 310 g/mol. The molecule has 0 radical (unpaired) electrons. The lowest BCUT2D eigenvalue weighted by atomic mass is 10.2. The first-order chi connectivity index (χ1) is 9.79. The Morgan fingerprint density at radius 3 is 2.80 bits per heavy atom. The Hall–Kier alpha value is -0.710. The smallest absolute Gasteiger partial charge is 0.124 e. The van der Waals surface area contributed by atoms with Crippen molar-refractivity contribution >= 4 is 34.4 Å². The summed E-state index contributed by atoms with van der Waals surface area (Å²) in [5.74, 6) is 3.98. The molecule has 0 aliphatic carbocycles. The molecule has 1 aliphatic rings. The summed E-state index contributed by atoms with van der Waals surface area (Å²) in [5.41, 5.74) is 3.53. The number of hydrogen-bond donors (Lipinski definition) is 0. The van der Waals surface area contributed by atoms with Gasteiger partial charge in [-0.05, 0) is 18.6 Å². The highest BCUT2D eigenvalue weighted by atomic mass is 35.5. The van der Waals surface area contributed by atoms with Crippen molar-refractivity contribution in [2.75, 3.05) is 31.1 Å². The van der Waals surface area contributed by atoms with Gasteiger partial charge in [0.1, 0.15) is 5.82 Å². The number of imidazole rings is 1. The fraction of sp³-hybridized carbons (Fsp3) is 0.533. The topological polar surface area (TPSA) is 21.1 Å². The zero-order valence-electron chi connectivity index (χ0n) is 11.8. The fourth-order valence-corrected chi connectivity index (χ4v) is 3.94. The molecule has 1 aromatic heterocycles. The molecule has 1 aliphatic heterocycles. The summed E-state index contributed by atoms with van der Waals surface area (Å²) >= 11 is 8.13. The molecule has 2 aromatic rings. The third-order valence-corrected chi connectivity index (χ3v) is 5.10. The zero-order valence-corrected chi connectivity index (χ0v) is 13.4. The van der Waals surface area contributed by atoms with Crippen molar-refractivity contribution in [3.8, 4) is 0 Å². The van der Waals surface area contributed by atoms with E-state index in [-0.39, 0.29) is 0 Å². The van der Waals surface area contributed by atoms with Crippen molar-refractivity contribution in [1.82, 2.24) is 14.5 Å². The summed E-state index contributed by atoms with van der Waals surface area (Å²) < 4.78 is 2.29. The molecular formula is C15H20ClN3S. The van der Waals surface area contributed by atoms with Crippen LogP contribution in [0.2, 0.25) is 0 Å². The molecule has 0 spiro atoms. The van der Waals surface area contributed by atoms with Gasteiger partial charge in [0.2, 0.25) is 0 Å². The van der Waals surface area contributed by atoms with Crippen LogP contribution in [0.4, 0.5) is 0 Å². The van der Waals surface area contributed by atoms with E-state index in [0.717, 1.165) is 24.4 Å². The maximum Gasteiger partial charge on any atom is 0.124 e. The quantitative estimate of drug-likeness (QED) is 0.810. The standard InChI is InChI=1S/C15H20ClN3S/c1-12-3-2-4-13-15(12)17-14(11-16)19(13)6-5-18-7-9-20-10-8-18/h2-4H,5-11H2,1H3. The highest BCUT2D eigenvalue weighted by Crippen LogP contribution is 2.21. The minimum atomic E-state index is 0.476. The molecule has 20 heavy (non-hydrogen) atoms. The number of aryl methyl sites for hydroxylation is 1. The number of benzene rings is 1. The van der Waals surface area contributed by atoms with Crippen LogP contribution in [0.3, 0.4) is 0 Å². The van der Waals surface area contributed by atoms with E-state index < -0.39 is 0 Å². The number of hydrogen-bond acceptors (Lipinski definition) is 3. The van der Waals surface area contributed by atoms with Crippen molar-refractivity contribution in [1.29, 1.82) is 0 Å². The van der Waals surface area contributed by atoms with E-state index in [2.05, 4.69) is 46.4 Å². The monoisotopic (exact) mass is 309 g/mol. The second kappa shape index (κ2) is 6.37. The third-order valence-electron chi connectivity index (χ3n) is 3.92. The number of thioether (sulfide) groups is 1. The lowest BCUT2D eigenvalue weighted by molar-refractivity contribution is 0.290. The van der Waals surface area contributed by atoms with Crippen molar-refractivity contribution in [2.24, 2.45) is 0 Å². The number of rotatable bonds is 4. The van der Waals surface area contributed by atoms with E-state index in [4.69, 9.17) is 16.6 Å². The van der Waals surface area contributed by atoms with E-state index in [1.54, 1.807) is 0 Å². The van der Waals surface area contributed by atoms with E-state index in [0.29, 0.717) is 5.88 Å². The van der Waals surface area contributed by atoms with Crippen LogP contribution < -0.4 is 0 Å². The summed E-state index contributed by atoms with van der Waals surface area (Å²) in [7, 11) is 0. The normalized spacial score (nSPS) is 16.9. The molecule has 0 unspecified atom stereocenters. The number of alkyl halides is 1. The van der Waals surface area contributed by atoms with Gasteiger partial charge in [-0.3, -0.25) is 4.90 Å². The second-order valence-electron chi connectivity index (χ2n) is 5.21. The highest BCUT2D eigenvalue weighted by Gasteiger charge is 2.14. The van der Waals surface area contributed by atoms with Gasteiger partial charge >= 0.3 is 0 Å². The summed E-state index contributed by atoms with van der Waals surface area (Å²) in [6.45, 7) is 6.58. The zero-order chi connectivity index (χ0) is 13.9. The van der Waals surface area contributed by atoms with Crippen LogP contribution in [0.25, 0.3) is 11.0 Å². The van der Waals surface area contributed by atoms with E-state index in [1.165, 1.54) is 35.7 Å². The van der Waals surface area contributed by atoms with E-state index in [1.807, 2.05) is 0 Å². The van der Waals surface area contributed by atoms with Gasteiger partial charge in [-0.1, -0.05) is 12.1 Å². The molecule has 108 valence electrons. The summed E-state index contributed by atoms with van der Waals surface area (Å²) in [6, 6.07) is 6.36. The minimum Gasteiger partial charge on any atom is -0.326 e. The molecule has 0 atom stereocenters. The molecule has 0 bridgehead atoms. The van der Waals surface area contributed by atoms with Crippen LogP contribution in [0.1, 0.15) is 11.4 Å². The van der Waals surface area contributed by atoms with Gasteiger partial charge in [0.15, 0.2) is 0 Å². The Kier molecular flexibility index (Phi) is 4.54. The number of aromatic nitrogens is 2. The molecule has 1 saturated heterocycles. The molecule has 0 N–H and O–H groups in total. The predicted octanol–water partition coefficient (Wildman–Crippen LogP) is 3.13. The Morgan fingerprint density at radius 2 is 2.05 bits per heavy atom. The van der Waals surface area contributed by atoms with E-state index >= 15 is 0 Å². The summed E-state index contributed by atoms with van der Waals surface area (Å²) in [6.07, 6.45) is 0. The highest BCUT2D eigenvalue weighted by molar-refractivity contribution is 7.99. The average Bonchev–Trinajstić information content (AvgIpc) is 2.85. The van der Waals surface area contributed by atoms with Crippen LogP contribution >= 0.6 is 23.4 Å². The van der Waals surface area contributed by atoms with Gasteiger partial charge in [-0.15, -0.1) is 11.6 Å². The van der Waals surface area contributed by atoms with Crippen LogP contribution in [-0.4, -0.2) is 45.6 Å². The van der Waals surface area contributed by atoms with Gasteiger partial charge in [0.25, 0.3) is 0 Å². The Bertz CT molecular complexity index is 590. The Morgan fingerprint density at radius 1 is 1.25 bits per heavy atom. The first-order valence-electron chi connectivity index (χ1n) is 7.10. The van der Waals surface area contributed by atoms with Gasteiger partial charge in [0, 0.05) is 37.7 Å². The van der Waals surface area contributed by atoms with Gasteiger partial charge in [-0.25, -0.2) is 4.98 Å². The predicted molar refractivity (Wildman–Crippen MR) is 87.8 cm³/mol. The molecule has 0 saturated carbocycles. The maximum atomic E-state index is 6.08. The molecular weight excluding hydrogens is 290 g/mol. The lowest BCUT2D eigenvalue weighted by Gasteiger charge is -2.26. The summed E-state index contributed by atoms with van der Waals surface area (Å²) in [4.78, 5) is 7.24. The molecule has 5 heteroatoms. The third kappa shape index (κ3) is 2.83. The van der Waals surface area contributed by atoms with Gasteiger partial charge in [-0.2, -0.15) is 11.8 Å². The van der Waals surface area contributed by atoms with Crippen molar-refractivity contribution < 1.29 is 0 Å². The van der Waals surface area contributed by atoms with Crippen molar-refractivity contribution in [3.63, 3.8) is 0 Å². The first-order valence-corrected chi connectivity index (χ1v) is 8.79. The molecule has 0 amide bonds. The summed E-state index contributed by atoms with van der Waals surface area (Å²) in [5, 5.41) is 0. The maximum absolute atomic E-state index is 6.08. The Labute approximate surface area is 129 Å². The fourth-order valence-electron chi connectivity index (χ4n) is 2.75. The van der Waals surface area contributed by atoms with Crippen LogP contribution in [0.5, 0.6) is 0 Å². The van der Waals surface area contributed by atoms with E-state index in [9.17, 15) is 0 Å². The SMILES string of the molecule is Cc1cccc2c1nc(CCl)n2CCN1CCSCC1. The molecule has 2 heterocycles. The van der Waals surface area contributed by atoms with Crippen molar-refractivity contribution in [3.05, 3.63) is 29.6 Å². The number of halogens is 1. The lowest BCUT2D eigenvalue weighted by Crippen LogP contribution is -2.35. The van der Waals surface area contributed by atoms with Gasteiger partial charge < -0.3 is 4.57 Å². The first kappa shape index (κ1) is 14.2. The molecule has 3 rings (SSSR count). The largest absolute Gasteiger partial charge is 0.326 e. The van der Waals surface area contributed by atoms with Crippen LogP contribution in [0, 0.1) is 6.92 Å². The number of nitrogens with zero attached hydrogens (tertiary/aromatic N) is 3. The van der Waals surface area contributed by atoms with Crippen LogP contribution in [-0.2, 0) is 12.4 Å². The number of para-hydroxylation sites is 1. The molecule has 3 nitrogen and oxygen atoms in total. The molecule has 1 aromatic carbocycles. The van der Waals surface area contributed by atoms with Crippen molar-refractivity contribution in [2.45, 2.75) is 19.3 Å². The molecule has 1 fully saturated rings. The second-order valence-corrected chi connectivity index (χ2v) is 6.70. The number of fused-ring (bicyclic) bond motifs is 1. The Balaban J connectivity index is 1.84.